The van der Waals surface area contributed by atoms with Crippen molar-refractivity contribution in [2.45, 2.75) is 39.7 Å². The minimum atomic E-state index is 0.223. The van der Waals surface area contributed by atoms with E-state index < -0.39 is 0 Å². The first-order valence-electron chi connectivity index (χ1n) is 6.91. The fourth-order valence-corrected chi connectivity index (χ4v) is 2.40. The monoisotopic (exact) mass is 255 g/mol. The number of hydrogen-bond acceptors (Lipinski definition) is 2. The molecule has 1 unspecified atom stereocenters. The third-order valence-corrected chi connectivity index (χ3v) is 3.35. The molecule has 1 heterocycles. The molecule has 0 saturated heterocycles. The lowest BCUT2D eigenvalue weighted by molar-refractivity contribution is 0.450. The summed E-state index contributed by atoms with van der Waals surface area (Å²) in [7, 11) is 0. The number of para-hydroxylation sites is 1. The van der Waals surface area contributed by atoms with Crippen LogP contribution in [-0.4, -0.2) is 6.54 Å². The fourth-order valence-electron chi connectivity index (χ4n) is 2.40. The summed E-state index contributed by atoms with van der Waals surface area (Å²) in [4.78, 5) is 0. The number of furan rings is 1. The van der Waals surface area contributed by atoms with Gasteiger partial charge in [0.05, 0.1) is 6.04 Å². The summed E-state index contributed by atoms with van der Waals surface area (Å²) in [6, 6.07) is 8.48. The highest BCUT2D eigenvalue weighted by Gasteiger charge is 2.17. The van der Waals surface area contributed by atoms with Gasteiger partial charge in [-0.05, 0) is 26.3 Å². The third kappa shape index (κ3) is 3.00. The van der Waals surface area contributed by atoms with Gasteiger partial charge in [-0.15, -0.1) is 11.8 Å². The predicted molar refractivity (Wildman–Crippen MR) is 80.1 cm³/mol. The van der Waals surface area contributed by atoms with E-state index in [-0.39, 0.29) is 6.04 Å². The Labute approximate surface area is 115 Å². The van der Waals surface area contributed by atoms with E-state index in [2.05, 4.69) is 43.1 Å². The molecule has 0 aliphatic rings. The van der Waals surface area contributed by atoms with E-state index in [1.165, 1.54) is 10.9 Å². The van der Waals surface area contributed by atoms with Crippen LogP contribution in [0, 0.1) is 11.8 Å². The van der Waals surface area contributed by atoms with Crippen LogP contribution in [0.2, 0.25) is 0 Å². The van der Waals surface area contributed by atoms with Gasteiger partial charge in [0, 0.05) is 23.9 Å². The Morgan fingerprint density at radius 1 is 1.32 bits per heavy atom. The molecule has 0 spiro atoms. The molecule has 1 atom stereocenters. The van der Waals surface area contributed by atoms with E-state index >= 15 is 0 Å². The normalized spacial score (nSPS) is 12.2. The second-order valence-corrected chi connectivity index (χ2v) is 4.65. The Morgan fingerprint density at radius 3 is 2.84 bits per heavy atom. The van der Waals surface area contributed by atoms with Crippen LogP contribution in [0.5, 0.6) is 0 Å². The van der Waals surface area contributed by atoms with Crippen LogP contribution < -0.4 is 5.32 Å². The molecule has 0 saturated carbocycles. The first kappa shape index (κ1) is 13.7. The summed E-state index contributed by atoms with van der Waals surface area (Å²) in [5, 5.41) is 4.71. The Morgan fingerprint density at radius 2 is 2.11 bits per heavy atom. The minimum absolute atomic E-state index is 0.223. The number of aryl methyl sites for hydroxylation is 1. The SMILES string of the molecule is CC#CCCNC(C)c1oc2ccccc2c1CC. The van der Waals surface area contributed by atoms with Crippen molar-refractivity contribution in [1.82, 2.24) is 5.32 Å². The number of rotatable bonds is 5. The van der Waals surface area contributed by atoms with Gasteiger partial charge in [-0.25, -0.2) is 0 Å². The molecular weight excluding hydrogens is 234 g/mol. The van der Waals surface area contributed by atoms with Gasteiger partial charge in [-0.2, -0.15) is 0 Å². The Bertz CT molecular complexity index is 600. The van der Waals surface area contributed by atoms with E-state index in [1.54, 1.807) is 0 Å². The van der Waals surface area contributed by atoms with E-state index in [0.717, 1.165) is 30.7 Å². The van der Waals surface area contributed by atoms with Crippen molar-refractivity contribution in [2.75, 3.05) is 6.54 Å². The zero-order valence-corrected chi connectivity index (χ0v) is 11.9. The molecule has 1 aromatic heterocycles. The van der Waals surface area contributed by atoms with E-state index in [1.807, 2.05) is 19.1 Å². The van der Waals surface area contributed by atoms with Crippen LogP contribution in [0.1, 0.15) is 44.6 Å². The number of fused-ring (bicyclic) bond motifs is 1. The van der Waals surface area contributed by atoms with E-state index in [0.29, 0.717) is 0 Å². The maximum Gasteiger partial charge on any atom is 0.134 e. The second-order valence-electron chi connectivity index (χ2n) is 4.65. The summed E-state index contributed by atoms with van der Waals surface area (Å²) in [6.45, 7) is 7.09. The van der Waals surface area contributed by atoms with Crippen LogP contribution in [0.15, 0.2) is 28.7 Å². The Balaban J connectivity index is 2.20. The summed E-state index contributed by atoms with van der Waals surface area (Å²) in [5.74, 6) is 7.04. The lowest BCUT2D eigenvalue weighted by atomic mass is 10.1. The minimum Gasteiger partial charge on any atom is -0.459 e. The van der Waals surface area contributed by atoms with Crippen molar-refractivity contribution < 1.29 is 4.42 Å². The van der Waals surface area contributed by atoms with Gasteiger partial charge in [0.25, 0.3) is 0 Å². The maximum atomic E-state index is 6.01. The van der Waals surface area contributed by atoms with Gasteiger partial charge in [0.2, 0.25) is 0 Å². The molecule has 0 amide bonds. The lowest BCUT2D eigenvalue weighted by Crippen LogP contribution is -2.20. The fraction of sp³-hybridized carbons (Fsp3) is 0.412. The molecule has 2 nitrogen and oxygen atoms in total. The van der Waals surface area contributed by atoms with Gasteiger partial charge in [-0.3, -0.25) is 0 Å². The molecule has 2 aromatic rings. The van der Waals surface area contributed by atoms with Crippen molar-refractivity contribution in [3.63, 3.8) is 0 Å². The van der Waals surface area contributed by atoms with Crippen LogP contribution >= 0.6 is 0 Å². The van der Waals surface area contributed by atoms with Crippen molar-refractivity contribution in [3.8, 4) is 11.8 Å². The first-order chi connectivity index (χ1) is 9.27. The van der Waals surface area contributed by atoms with Gasteiger partial charge in [0.15, 0.2) is 0 Å². The molecule has 100 valence electrons. The van der Waals surface area contributed by atoms with E-state index in [9.17, 15) is 0 Å². The summed E-state index contributed by atoms with van der Waals surface area (Å²) in [5.41, 5.74) is 2.30. The lowest BCUT2D eigenvalue weighted by Gasteiger charge is -2.11. The van der Waals surface area contributed by atoms with Crippen LogP contribution in [0.3, 0.4) is 0 Å². The summed E-state index contributed by atoms with van der Waals surface area (Å²) >= 11 is 0. The zero-order chi connectivity index (χ0) is 13.7. The number of hydrogen-bond donors (Lipinski definition) is 1. The quantitative estimate of drug-likeness (QED) is 0.644. The molecule has 0 aliphatic heterocycles. The number of benzene rings is 1. The summed E-state index contributed by atoms with van der Waals surface area (Å²) in [6.07, 6.45) is 1.87. The van der Waals surface area contributed by atoms with Crippen molar-refractivity contribution in [2.24, 2.45) is 0 Å². The molecule has 1 aromatic carbocycles. The molecule has 2 rings (SSSR count). The largest absolute Gasteiger partial charge is 0.459 e. The molecule has 1 N–H and O–H groups in total. The maximum absolute atomic E-state index is 6.01. The zero-order valence-electron chi connectivity index (χ0n) is 11.9. The van der Waals surface area contributed by atoms with Crippen molar-refractivity contribution >= 4 is 11.0 Å². The van der Waals surface area contributed by atoms with E-state index in [4.69, 9.17) is 4.42 Å². The van der Waals surface area contributed by atoms with Gasteiger partial charge in [0.1, 0.15) is 11.3 Å². The Kier molecular flexibility index (Phi) is 4.65. The molecular formula is C17H21NO. The molecule has 0 bridgehead atoms. The van der Waals surface area contributed by atoms with Crippen LogP contribution in [0.4, 0.5) is 0 Å². The number of nitrogens with one attached hydrogen (secondary N) is 1. The second kappa shape index (κ2) is 6.45. The van der Waals surface area contributed by atoms with Crippen LogP contribution in [0.25, 0.3) is 11.0 Å². The third-order valence-electron chi connectivity index (χ3n) is 3.35. The molecule has 19 heavy (non-hydrogen) atoms. The van der Waals surface area contributed by atoms with Gasteiger partial charge in [-0.1, -0.05) is 25.1 Å². The highest BCUT2D eigenvalue weighted by molar-refractivity contribution is 5.82. The smallest absolute Gasteiger partial charge is 0.134 e. The average molecular weight is 255 g/mol. The highest BCUT2D eigenvalue weighted by Crippen LogP contribution is 2.30. The van der Waals surface area contributed by atoms with Crippen molar-refractivity contribution in [3.05, 3.63) is 35.6 Å². The molecule has 2 heteroatoms. The Hall–Kier alpha value is -1.72. The molecule has 0 fully saturated rings. The standard InChI is InChI=1S/C17H21NO/c1-4-6-9-12-18-13(3)17-14(5-2)15-10-7-8-11-16(15)19-17/h7-8,10-11,13,18H,5,9,12H2,1-3H3. The summed E-state index contributed by atoms with van der Waals surface area (Å²) < 4.78 is 6.01. The first-order valence-corrected chi connectivity index (χ1v) is 6.91. The topological polar surface area (TPSA) is 25.2 Å². The average Bonchev–Trinajstić information content (AvgIpc) is 2.82. The van der Waals surface area contributed by atoms with Gasteiger partial charge >= 0.3 is 0 Å². The predicted octanol–water partition coefficient (Wildman–Crippen LogP) is 4.06. The molecule has 0 radical (unpaired) electrons. The van der Waals surface area contributed by atoms with Crippen molar-refractivity contribution in [1.29, 1.82) is 0 Å². The van der Waals surface area contributed by atoms with Gasteiger partial charge < -0.3 is 9.73 Å². The molecule has 0 aliphatic carbocycles. The highest BCUT2D eigenvalue weighted by atomic mass is 16.3. The van der Waals surface area contributed by atoms with Crippen LogP contribution in [-0.2, 0) is 6.42 Å².